The molecule has 0 bridgehead atoms. The molecule has 7 aromatic rings. The summed E-state index contributed by atoms with van der Waals surface area (Å²) in [5.74, 6) is 0.965. The zero-order chi connectivity index (χ0) is 33.3. The minimum Gasteiger partial charge on any atom is -0.256 e. The number of hydrogen-bond donors (Lipinski definition) is 0. The Balaban J connectivity index is 1.08. The second kappa shape index (κ2) is 11.4. The van der Waals surface area contributed by atoms with Crippen LogP contribution in [0.2, 0.25) is 0 Å². The van der Waals surface area contributed by atoms with E-state index in [1.807, 2.05) is 12.3 Å². The number of nitrogens with zero attached hydrogens (tertiary/aromatic N) is 1. The summed E-state index contributed by atoms with van der Waals surface area (Å²) >= 11 is 0. The molecule has 2 aliphatic rings. The Morgan fingerprint density at radius 1 is 0.653 bits per heavy atom. The van der Waals surface area contributed by atoms with Gasteiger partial charge in [-0.25, -0.2) is 0 Å². The first-order valence-corrected chi connectivity index (χ1v) is 17.8. The van der Waals surface area contributed by atoms with Crippen molar-refractivity contribution in [1.29, 1.82) is 0 Å². The molecule has 1 heterocycles. The summed E-state index contributed by atoms with van der Waals surface area (Å²) in [4.78, 5) is 4.63. The van der Waals surface area contributed by atoms with Gasteiger partial charge in [-0.1, -0.05) is 137 Å². The largest absolute Gasteiger partial charge is 0.256 e. The van der Waals surface area contributed by atoms with Crippen molar-refractivity contribution >= 4 is 10.8 Å². The Kier molecular flexibility index (Phi) is 6.95. The molecule has 0 amide bonds. The third-order valence-corrected chi connectivity index (χ3v) is 11.4. The molecule has 1 aromatic heterocycles. The molecule has 0 saturated heterocycles. The molecule has 6 aromatic carbocycles. The third-order valence-electron chi connectivity index (χ3n) is 11.4. The van der Waals surface area contributed by atoms with Crippen molar-refractivity contribution in [3.05, 3.63) is 173 Å². The number of rotatable bonds is 5. The summed E-state index contributed by atoms with van der Waals surface area (Å²) in [6.45, 7) is 9.61. The van der Waals surface area contributed by atoms with E-state index in [1.54, 1.807) is 0 Å². The van der Waals surface area contributed by atoms with Gasteiger partial charge in [0.05, 0.1) is 5.69 Å². The smallest absolute Gasteiger partial charge is 0.0702 e. The average Bonchev–Trinajstić information content (AvgIpc) is 3.37. The van der Waals surface area contributed by atoms with Crippen molar-refractivity contribution < 1.29 is 0 Å². The van der Waals surface area contributed by atoms with Crippen LogP contribution in [0.1, 0.15) is 72.9 Å². The fourth-order valence-corrected chi connectivity index (χ4v) is 8.79. The number of hydrogen-bond acceptors (Lipinski definition) is 1. The van der Waals surface area contributed by atoms with E-state index in [4.69, 9.17) is 0 Å². The first-order chi connectivity index (χ1) is 23.9. The lowest BCUT2D eigenvalue weighted by atomic mass is 9.77. The van der Waals surface area contributed by atoms with Crippen LogP contribution in [0.25, 0.3) is 55.4 Å². The molecule has 0 fully saturated rings. The molecular formula is C48H41N. The summed E-state index contributed by atoms with van der Waals surface area (Å²) in [5.41, 5.74) is 18.8. The topological polar surface area (TPSA) is 12.9 Å². The molecule has 0 aliphatic heterocycles. The van der Waals surface area contributed by atoms with Gasteiger partial charge in [-0.3, -0.25) is 4.98 Å². The van der Waals surface area contributed by atoms with Crippen LogP contribution in [0.4, 0.5) is 0 Å². The Morgan fingerprint density at radius 2 is 1.43 bits per heavy atom. The summed E-state index contributed by atoms with van der Waals surface area (Å²) in [5, 5.41) is 2.63. The van der Waals surface area contributed by atoms with Crippen LogP contribution in [-0.4, -0.2) is 4.98 Å². The highest BCUT2D eigenvalue weighted by molar-refractivity contribution is 6.09. The predicted octanol–water partition coefficient (Wildman–Crippen LogP) is 12.5. The van der Waals surface area contributed by atoms with Crippen LogP contribution in [0.5, 0.6) is 0 Å². The van der Waals surface area contributed by atoms with Crippen molar-refractivity contribution in [1.82, 2.24) is 4.98 Å². The molecule has 1 nitrogen and oxygen atoms in total. The second-order valence-corrected chi connectivity index (χ2v) is 14.9. The van der Waals surface area contributed by atoms with E-state index >= 15 is 0 Å². The molecule has 2 aliphatic carbocycles. The SMILES string of the molecule is CC(Cc1ccc2c(c1)C(C)(C)c1cc(-c3cccc(-c4ccccn4)c3)c3ccccc3c1-2)c1ccc2c(c1)C(C)Cc1ccccc1-2. The highest BCUT2D eigenvalue weighted by atomic mass is 14.7. The van der Waals surface area contributed by atoms with Crippen LogP contribution in [0.3, 0.4) is 0 Å². The maximum atomic E-state index is 4.63. The van der Waals surface area contributed by atoms with Gasteiger partial charge in [-0.2, -0.15) is 0 Å². The second-order valence-electron chi connectivity index (χ2n) is 14.9. The minimum atomic E-state index is -0.115. The van der Waals surface area contributed by atoms with Gasteiger partial charge in [0.2, 0.25) is 0 Å². The molecule has 1 heteroatoms. The van der Waals surface area contributed by atoms with E-state index in [1.165, 1.54) is 77.5 Å². The molecule has 0 saturated carbocycles. The van der Waals surface area contributed by atoms with Gasteiger partial charge in [0.15, 0.2) is 0 Å². The first kappa shape index (κ1) is 29.8. The Labute approximate surface area is 290 Å². The molecule has 238 valence electrons. The monoisotopic (exact) mass is 631 g/mol. The van der Waals surface area contributed by atoms with E-state index in [9.17, 15) is 0 Å². The molecule has 9 rings (SSSR count). The standard InChI is InChI=1S/C48H41N/c1-30(33-20-22-39-37-15-6-5-12-34(37)25-31(2)42(39)28-33)24-32-19-21-41-44(26-32)48(3,4)45-29-43(38-16-7-8-17-40(38)47(41)45)35-13-11-14-36(27-35)46-18-9-10-23-49-46/h5-23,26-31H,24-25H2,1-4H3. The minimum absolute atomic E-state index is 0.115. The van der Waals surface area contributed by atoms with E-state index in [2.05, 4.69) is 160 Å². The van der Waals surface area contributed by atoms with Crippen LogP contribution in [0, 0.1) is 0 Å². The lowest BCUT2D eigenvalue weighted by Gasteiger charge is -2.27. The third kappa shape index (κ3) is 4.86. The van der Waals surface area contributed by atoms with Crippen molar-refractivity contribution in [3.8, 4) is 44.6 Å². The quantitative estimate of drug-likeness (QED) is 0.184. The lowest BCUT2D eigenvalue weighted by molar-refractivity contribution is 0.658. The van der Waals surface area contributed by atoms with E-state index in [-0.39, 0.29) is 5.41 Å². The summed E-state index contributed by atoms with van der Waals surface area (Å²) in [7, 11) is 0. The summed E-state index contributed by atoms with van der Waals surface area (Å²) in [6, 6.07) is 49.9. The summed E-state index contributed by atoms with van der Waals surface area (Å²) in [6.07, 6.45) is 4.01. The van der Waals surface area contributed by atoms with Gasteiger partial charge in [-0.05, 0) is 126 Å². The number of fused-ring (bicyclic) bond motifs is 8. The molecule has 0 N–H and O–H groups in total. The van der Waals surface area contributed by atoms with Crippen molar-refractivity contribution in [3.63, 3.8) is 0 Å². The van der Waals surface area contributed by atoms with Gasteiger partial charge in [-0.15, -0.1) is 0 Å². The van der Waals surface area contributed by atoms with Crippen molar-refractivity contribution in [2.75, 3.05) is 0 Å². The molecule has 0 radical (unpaired) electrons. The Bertz CT molecular complexity index is 2400. The first-order valence-electron chi connectivity index (χ1n) is 17.8. The molecular weight excluding hydrogens is 591 g/mol. The van der Waals surface area contributed by atoms with Crippen LogP contribution < -0.4 is 0 Å². The number of benzene rings is 6. The van der Waals surface area contributed by atoms with Gasteiger partial charge in [0, 0.05) is 17.2 Å². The fourth-order valence-electron chi connectivity index (χ4n) is 8.79. The highest BCUT2D eigenvalue weighted by Crippen LogP contribution is 2.53. The van der Waals surface area contributed by atoms with Gasteiger partial charge < -0.3 is 0 Å². The average molecular weight is 632 g/mol. The zero-order valence-corrected chi connectivity index (χ0v) is 28.8. The maximum absolute atomic E-state index is 4.63. The molecule has 0 spiro atoms. The van der Waals surface area contributed by atoms with Gasteiger partial charge in [0.25, 0.3) is 0 Å². The number of aromatic nitrogens is 1. The fraction of sp³-hybridized carbons (Fsp3) is 0.188. The zero-order valence-electron chi connectivity index (χ0n) is 28.8. The molecule has 49 heavy (non-hydrogen) atoms. The molecule has 2 atom stereocenters. The van der Waals surface area contributed by atoms with Crippen LogP contribution >= 0.6 is 0 Å². The molecule has 2 unspecified atom stereocenters. The summed E-state index contributed by atoms with van der Waals surface area (Å²) < 4.78 is 0. The lowest BCUT2D eigenvalue weighted by Crippen LogP contribution is -2.15. The van der Waals surface area contributed by atoms with Crippen molar-refractivity contribution in [2.45, 2.75) is 57.8 Å². The normalized spacial score (nSPS) is 16.0. The van der Waals surface area contributed by atoms with E-state index < -0.39 is 0 Å². The Hall–Kier alpha value is -5.27. The van der Waals surface area contributed by atoms with Crippen LogP contribution in [0.15, 0.2) is 140 Å². The number of pyridine rings is 1. The maximum Gasteiger partial charge on any atom is 0.0702 e. The van der Waals surface area contributed by atoms with Gasteiger partial charge >= 0.3 is 0 Å². The Morgan fingerprint density at radius 3 is 2.29 bits per heavy atom. The van der Waals surface area contributed by atoms with E-state index in [0.29, 0.717) is 11.8 Å². The van der Waals surface area contributed by atoms with Crippen LogP contribution in [-0.2, 0) is 18.3 Å². The van der Waals surface area contributed by atoms with E-state index in [0.717, 1.165) is 24.1 Å². The highest BCUT2D eigenvalue weighted by Gasteiger charge is 2.37. The van der Waals surface area contributed by atoms with Gasteiger partial charge in [0.1, 0.15) is 0 Å². The predicted molar refractivity (Wildman–Crippen MR) is 206 cm³/mol. The van der Waals surface area contributed by atoms with Crippen molar-refractivity contribution in [2.24, 2.45) is 0 Å².